The van der Waals surface area contributed by atoms with Crippen LogP contribution in [0.5, 0.6) is 0 Å². The number of anilines is 1. The average molecular weight is 676 g/mol. The van der Waals surface area contributed by atoms with E-state index < -0.39 is 43.4 Å². The van der Waals surface area contributed by atoms with Crippen molar-refractivity contribution >= 4 is 23.7 Å². The third kappa shape index (κ3) is 7.88. The molecule has 0 spiro atoms. The van der Waals surface area contributed by atoms with Crippen molar-refractivity contribution in [3.63, 3.8) is 0 Å². The van der Waals surface area contributed by atoms with Gasteiger partial charge in [-0.05, 0) is 56.6 Å². The van der Waals surface area contributed by atoms with Crippen molar-refractivity contribution in [1.82, 2.24) is 19.6 Å². The maximum absolute atomic E-state index is 12.9. The van der Waals surface area contributed by atoms with E-state index in [0.29, 0.717) is 64.4 Å². The Bertz CT molecular complexity index is 1260. The van der Waals surface area contributed by atoms with Gasteiger partial charge < -0.3 is 59.6 Å². The standard InChI is InChI=1S/C33H49N5O10/c39-19-26-28(41)29(42)30(43)31(48-26)47-24-10-16-35(17-11-24)22-6-12-36(13-7-22)27(40)20-46-33(45)37-14-8-23(9-15-37)38-18-5-21-3-1-2-4-25(21)34-32(38)44/h1-4,22-24,26,28-31,39,41-43H,5-20H2,(H,34,44)/t26?,28-,29?,30?,31+/m1/s1. The summed E-state index contributed by atoms with van der Waals surface area (Å²) in [7, 11) is 0. The Hall–Kier alpha value is -3.05. The Morgan fingerprint density at radius 1 is 0.833 bits per heavy atom. The second-order valence-electron chi connectivity index (χ2n) is 13.5. The summed E-state index contributed by atoms with van der Waals surface area (Å²) in [6, 6.07) is 8.06. The number of ether oxygens (including phenoxy) is 3. The summed E-state index contributed by atoms with van der Waals surface area (Å²) in [5.74, 6) is -0.205. The number of urea groups is 1. The van der Waals surface area contributed by atoms with Crippen LogP contribution in [0.2, 0.25) is 0 Å². The number of rotatable bonds is 7. The van der Waals surface area contributed by atoms with E-state index in [1.807, 2.05) is 29.2 Å². The molecule has 4 fully saturated rings. The van der Waals surface area contributed by atoms with Gasteiger partial charge in [0.1, 0.15) is 24.4 Å². The molecule has 15 nitrogen and oxygen atoms in total. The number of hydrogen-bond donors (Lipinski definition) is 5. The van der Waals surface area contributed by atoms with E-state index in [1.165, 1.54) is 0 Å². The van der Waals surface area contributed by atoms with Gasteiger partial charge in [-0.3, -0.25) is 4.79 Å². The molecule has 5 atom stereocenters. The van der Waals surface area contributed by atoms with Crippen LogP contribution in [0, 0.1) is 0 Å². The van der Waals surface area contributed by atoms with Crippen molar-refractivity contribution in [2.45, 2.75) is 93.8 Å². The number of aliphatic hydroxyl groups excluding tert-OH is 4. The first-order valence-electron chi connectivity index (χ1n) is 17.3. The lowest BCUT2D eigenvalue weighted by atomic mass is 9.97. The number of carbonyl (C=O) groups is 3. The predicted molar refractivity (Wildman–Crippen MR) is 171 cm³/mol. The number of aliphatic hydroxyl groups is 4. The molecule has 0 bridgehead atoms. The number of carbonyl (C=O) groups excluding carboxylic acids is 3. The SMILES string of the molecule is O=C(COC(=O)N1CCC(N2CCc3ccccc3NC2=O)CC1)N1CCC(N2CCC(O[C@H]3OC(CO)[C@@H](O)C(O)C3O)CC2)CC1. The molecule has 5 heterocycles. The largest absolute Gasteiger partial charge is 0.439 e. The molecule has 5 aliphatic rings. The molecule has 6 rings (SSSR count). The van der Waals surface area contributed by atoms with Gasteiger partial charge in [0.05, 0.1) is 12.7 Å². The number of benzene rings is 1. The zero-order valence-electron chi connectivity index (χ0n) is 27.3. The Labute approximate surface area is 280 Å². The number of amides is 4. The van der Waals surface area contributed by atoms with E-state index in [-0.39, 0.29) is 30.7 Å². The summed E-state index contributed by atoms with van der Waals surface area (Å²) in [4.78, 5) is 46.2. The second kappa shape index (κ2) is 15.7. The molecule has 1 aromatic rings. The second-order valence-corrected chi connectivity index (χ2v) is 13.5. The van der Waals surface area contributed by atoms with Gasteiger partial charge in [-0.25, -0.2) is 9.59 Å². The van der Waals surface area contributed by atoms with Crippen molar-refractivity contribution in [3.05, 3.63) is 29.8 Å². The predicted octanol–water partition coefficient (Wildman–Crippen LogP) is -0.0505. The van der Waals surface area contributed by atoms with Crippen molar-refractivity contribution < 1.29 is 49.0 Å². The zero-order chi connectivity index (χ0) is 33.8. The highest BCUT2D eigenvalue weighted by Gasteiger charge is 2.45. The van der Waals surface area contributed by atoms with Gasteiger partial charge >= 0.3 is 12.1 Å². The molecule has 5 N–H and O–H groups in total. The number of fused-ring (bicyclic) bond motifs is 1. The smallest absolute Gasteiger partial charge is 0.410 e. The van der Waals surface area contributed by atoms with Gasteiger partial charge in [0, 0.05) is 63.6 Å². The molecular formula is C33H49N5O10. The molecule has 0 radical (unpaired) electrons. The Balaban J connectivity index is 0.866. The number of hydrogen-bond acceptors (Lipinski definition) is 11. The molecule has 4 saturated heterocycles. The topological polar surface area (TPSA) is 185 Å². The molecule has 5 aliphatic heterocycles. The summed E-state index contributed by atoms with van der Waals surface area (Å²) in [5.41, 5.74) is 1.97. The number of para-hydroxylation sites is 1. The Morgan fingerprint density at radius 3 is 2.21 bits per heavy atom. The fourth-order valence-electron chi connectivity index (χ4n) is 7.63. The monoisotopic (exact) mass is 675 g/mol. The number of piperidine rings is 3. The van der Waals surface area contributed by atoms with Crippen molar-refractivity contribution in [2.24, 2.45) is 0 Å². The van der Waals surface area contributed by atoms with E-state index in [4.69, 9.17) is 14.2 Å². The fraction of sp³-hybridized carbons (Fsp3) is 0.727. The quantitative estimate of drug-likeness (QED) is 0.261. The molecule has 0 aromatic heterocycles. The van der Waals surface area contributed by atoms with E-state index in [2.05, 4.69) is 10.2 Å². The molecule has 0 saturated carbocycles. The van der Waals surface area contributed by atoms with Gasteiger partial charge in [0.2, 0.25) is 0 Å². The van der Waals surface area contributed by atoms with Crippen molar-refractivity contribution in [3.8, 4) is 0 Å². The van der Waals surface area contributed by atoms with Crippen LogP contribution in [0.4, 0.5) is 15.3 Å². The first-order chi connectivity index (χ1) is 23.2. The maximum atomic E-state index is 12.9. The van der Waals surface area contributed by atoms with E-state index >= 15 is 0 Å². The molecule has 3 unspecified atom stereocenters. The maximum Gasteiger partial charge on any atom is 0.410 e. The molecule has 4 amide bonds. The summed E-state index contributed by atoms with van der Waals surface area (Å²) in [5, 5.41) is 42.7. The van der Waals surface area contributed by atoms with Gasteiger partial charge in [-0.2, -0.15) is 0 Å². The summed E-state index contributed by atoms with van der Waals surface area (Å²) in [6.45, 7) is 3.46. The molecule has 15 heteroatoms. The minimum absolute atomic E-state index is 0.0343. The van der Waals surface area contributed by atoms with Crippen LogP contribution in [0.25, 0.3) is 0 Å². The number of nitrogens with one attached hydrogen (secondary N) is 1. The highest BCUT2D eigenvalue weighted by molar-refractivity contribution is 5.91. The Morgan fingerprint density at radius 2 is 1.50 bits per heavy atom. The van der Waals surface area contributed by atoms with Crippen LogP contribution >= 0.6 is 0 Å². The van der Waals surface area contributed by atoms with Crippen LogP contribution in [0.1, 0.15) is 44.1 Å². The first kappa shape index (κ1) is 34.8. The van der Waals surface area contributed by atoms with E-state index in [1.54, 1.807) is 9.80 Å². The van der Waals surface area contributed by atoms with Crippen LogP contribution in [-0.4, -0.2) is 166 Å². The van der Waals surface area contributed by atoms with E-state index in [0.717, 1.165) is 43.6 Å². The summed E-state index contributed by atoms with van der Waals surface area (Å²) in [6.07, 6.45) is -2.03. The van der Waals surface area contributed by atoms with Crippen molar-refractivity contribution in [1.29, 1.82) is 0 Å². The van der Waals surface area contributed by atoms with Gasteiger partial charge in [-0.1, -0.05) is 18.2 Å². The van der Waals surface area contributed by atoms with Crippen LogP contribution in [0.3, 0.4) is 0 Å². The van der Waals surface area contributed by atoms with Crippen LogP contribution in [0.15, 0.2) is 24.3 Å². The number of likely N-dealkylation sites (tertiary alicyclic amines) is 3. The summed E-state index contributed by atoms with van der Waals surface area (Å²) < 4.78 is 16.8. The summed E-state index contributed by atoms with van der Waals surface area (Å²) >= 11 is 0. The third-order valence-electron chi connectivity index (χ3n) is 10.6. The lowest BCUT2D eigenvalue weighted by Gasteiger charge is -2.44. The van der Waals surface area contributed by atoms with Crippen LogP contribution in [-0.2, 0) is 25.4 Å². The highest BCUT2D eigenvalue weighted by atomic mass is 16.7. The average Bonchev–Trinajstić information content (AvgIpc) is 3.29. The molecule has 1 aromatic carbocycles. The lowest BCUT2D eigenvalue weighted by Crippen LogP contribution is -2.60. The zero-order valence-corrected chi connectivity index (χ0v) is 27.3. The fourth-order valence-corrected chi connectivity index (χ4v) is 7.63. The third-order valence-corrected chi connectivity index (χ3v) is 10.6. The molecule has 0 aliphatic carbocycles. The minimum Gasteiger partial charge on any atom is -0.439 e. The minimum atomic E-state index is -1.46. The van der Waals surface area contributed by atoms with Gasteiger partial charge in [-0.15, -0.1) is 0 Å². The molecule has 266 valence electrons. The van der Waals surface area contributed by atoms with E-state index in [9.17, 15) is 34.8 Å². The van der Waals surface area contributed by atoms with Crippen LogP contribution < -0.4 is 5.32 Å². The Kier molecular flexibility index (Phi) is 11.4. The van der Waals surface area contributed by atoms with Gasteiger partial charge in [0.25, 0.3) is 5.91 Å². The molecule has 48 heavy (non-hydrogen) atoms. The van der Waals surface area contributed by atoms with Crippen molar-refractivity contribution in [2.75, 3.05) is 64.3 Å². The number of nitrogens with zero attached hydrogens (tertiary/aromatic N) is 4. The van der Waals surface area contributed by atoms with Gasteiger partial charge in [0.15, 0.2) is 12.9 Å². The normalized spacial score (nSPS) is 30.0. The molecular weight excluding hydrogens is 626 g/mol. The highest BCUT2D eigenvalue weighted by Crippen LogP contribution is 2.28. The lowest BCUT2D eigenvalue weighted by molar-refractivity contribution is -0.313. The first-order valence-corrected chi connectivity index (χ1v) is 17.3.